The topological polar surface area (TPSA) is 75.1 Å². The minimum atomic E-state index is -1.11. The second kappa shape index (κ2) is 6.20. The number of rotatable bonds is 5. The Labute approximate surface area is 130 Å². The lowest BCUT2D eigenvalue weighted by Crippen LogP contribution is -2.38. The molecule has 1 fully saturated rings. The number of urea groups is 1. The SMILES string of the molecule is CCOC1C(O)N(c2cc(C(C)(C)OC)ccn2)C(=O)N1C. The highest BCUT2D eigenvalue weighted by atomic mass is 16.5. The zero-order valence-electron chi connectivity index (χ0n) is 13.6. The number of aliphatic hydroxyl groups is 1. The molecule has 22 heavy (non-hydrogen) atoms. The standard InChI is InChI=1S/C15H23N3O4/c1-6-22-13-12(19)18(14(20)17(13)4)11-9-10(7-8-16-11)15(2,3)21-5/h7-9,12-13,19H,6H2,1-5H3. The molecule has 2 atom stereocenters. The molecule has 2 rings (SSSR count). The van der Waals surface area contributed by atoms with Crippen LogP contribution in [0.25, 0.3) is 0 Å². The molecule has 1 aromatic rings. The number of hydrogen-bond acceptors (Lipinski definition) is 5. The number of carbonyl (C=O) groups is 1. The van der Waals surface area contributed by atoms with E-state index in [9.17, 15) is 9.90 Å². The van der Waals surface area contributed by atoms with Gasteiger partial charge in [0.25, 0.3) is 0 Å². The Morgan fingerprint density at radius 3 is 2.73 bits per heavy atom. The third kappa shape index (κ3) is 2.79. The van der Waals surface area contributed by atoms with E-state index in [0.29, 0.717) is 12.4 Å². The van der Waals surface area contributed by atoms with E-state index in [2.05, 4.69) is 4.98 Å². The lowest BCUT2D eigenvalue weighted by atomic mass is 9.99. The van der Waals surface area contributed by atoms with Gasteiger partial charge in [-0.25, -0.2) is 14.7 Å². The molecule has 1 aliphatic heterocycles. The average molecular weight is 309 g/mol. The summed E-state index contributed by atoms with van der Waals surface area (Å²) in [4.78, 5) is 19.2. The van der Waals surface area contributed by atoms with Gasteiger partial charge in [0.1, 0.15) is 5.82 Å². The first-order valence-electron chi connectivity index (χ1n) is 7.21. The molecule has 0 saturated carbocycles. The number of pyridine rings is 1. The van der Waals surface area contributed by atoms with Crippen molar-refractivity contribution in [2.45, 2.75) is 38.8 Å². The minimum Gasteiger partial charge on any atom is -0.374 e. The summed E-state index contributed by atoms with van der Waals surface area (Å²) in [5.74, 6) is 0.370. The number of amides is 2. The number of carbonyl (C=O) groups excluding carboxylic acids is 1. The Kier molecular flexibility index (Phi) is 4.69. The second-order valence-electron chi connectivity index (χ2n) is 5.64. The highest BCUT2D eigenvalue weighted by molar-refractivity contribution is 5.93. The highest BCUT2D eigenvalue weighted by Crippen LogP contribution is 2.30. The van der Waals surface area contributed by atoms with Crippen LogP contribution in [-0.2, 0) is 15.1 Å². The number of ether oxygens (including phenoxy) is 2. The fraction of sp³-hybridized carbons (Fsp3) is 0.600. The van der Waals surface area contributed by atoms with Crippen LogP contribution >= 0.6 is 0 Å². The highest BCUT2D eigenvalue weighted by Gasteiger charge is 2.45. The normalized spacial score (nSPS) is 22.5. The molecule has 2 amide bonds. The Balaban J connectivity index is 2.36. The average Bonchev–Trinajstić information content (AvgIpc) is 2.71. The Hall–Kier alpha value is -1.70. The monoisotopic (exact) mass is 309 g/mol. The number of aliphatic hydroxyl groups excluding tert-OH is 1. The first kappa shape index (κ1) is 16.7. The maximum absolute atomic E-state index is 12.4. The van der Waals surface area contributed by atoms with Gasteiger partial charge in [-0.3, -0.25) is 4.90 Å². The van der Waals surface area contributed by atoms with E-state index in [0.717, 1.165) is 5.56 Å². The first-order chi connectivity index (χ1) is 10.3. The van der Waals surface area contributed by atoms with Gasteiger partial charge in [0, 0.05) is 27.0 Å². The van der Waals surface area contributed by atoms with Crippen molar-refractivity contribution in [2.24, 2.45) is 0 Å². The van der Waals surface area contributed by atoms with Crippen LogP contribution < -0.4 is 4.90 Å². The summed E-state index contributed by atoms with van der Waals surface area (Å²) in [5, 5.41) is 10.4. The Morgan fingerprint density at radius 2 is 2.14 bits per heavy atom. The smallest absolute Gasteiger partial charge is 0.329 e. The summed E-state index contributed by atoms with van der Waals surface area (Å²) in [6.45, 7) is 6.05. The van der Waals surface area contributed by atoms with Crippen molar-refractivity contribution in [3.05, 3.63) is 23.9 Å². The zero-order chi connectivity index (χ0) is 16.5. The molecule has 122 valence electrons. The third-order valence-electron chi connectivity index (χ3n) is 3.94. The van der Waals surface area contributed by atoms with Crippen LogP contribution in [0.1, 0.15) is 26.3 Å². The van der Waals surface area contributed by atoms with Gasteiger partial charge in [-0.05, 0) is 38.5 Å². The second-order valence-corrected chi connectivity index (χ2v) is 5.64. The number of methoxy groups -OCH3 is 1. The van der Waals surface area contributed by atoms with Crippen LogP contribution in [-0.4, -0.2) is 54.2 Å². The van der Waals surface area contributed by atoms with Crippen LogP contribution in [0, 0.1) is 0 Å². The minimum absolute atomic E-state index is 0.356. The van der Waals surface area contributed by atoms with Crippen molar-refractivity contribution in [1.29, 1.82) is 0 Å². The molecule has 1 N–H and O–H groups in total. The molecule has 0 radical (unpaired) electrons. The molecule has 0 aliphatic carbocycles. The first-order valence-corrected chi connectivity index (χ1v) is 7.21. The Morgan fingerprint density at radius 1 is 1.45 bits per heavy atom. The van der Waals surface area contributed by atoms with Gasteiger partial charge in [-0.15, -0.1) is 0 Å². The fourth-order valence-electron chi connectivity index (χ4n) is 2.36. The van der Waals surface area contributed by atoms with Crippen LogP contribution in [0.15, 0.2) is 18.3 Å². The lowest BCUT2D eigenvalue weighted by Gasteiger charge is -2.25. The number of aromatic nitrogens is 1. The molecular weight excluding hydrogens is 286 g/mol. The molecule has 0 aromatic carbocycles. The molecule has 7 heteroatoms. The number of likely N-dealkylation sites (N-methyl/N-ethyl adjacent to an activating group) is 1. The molecule has 0 bridgehead atoms. The van der Waals surface area contributed by atoms with Gasteiger partial charge in [0.05, 0.1) is 5.60 Å². The molecule has 1 aromatic heterocycles. The van der Waals surface area contributed by atoms with Crippen LogP contribution in [0.4, 0.5) is 10.6 Å². The van der Waals surface area contributed by atoms with Crippen LogP contribution in [0.5, 0.6) is 0 Å². The van der Waals surface area contributed by atoms with Gasteiger partial charge in [-0.2, -0.15) is 0 Å². The molecule has 2 unspecified atom stereocenters. The van der Waals surface area contributed by atoms with E-state index in [1.807, 2.05) is 26.8 Å². The third-order valence-corrected chi connectivity index (χ3v) is 3.94. The molecule has 1 aliphatic rings. The van der Waals surface area contributed by atoms with Crippen LogP contribution in [0.3, 0.4) is 0 Å². The maximum atomic E-state index is 12.4. The summed E-state index contributed by atoms with van der Waals surface area (Å²) < 4.78 is 10.9. The van der Waals surface area contributed by atoms with Crippen molar-refractivity contribution >= 4 is 11.8 Å². The summed E-state index contributed by atoms with van der Waals surface area (Å²) in [5.41, 5.74) is 0.346. The predicted molar refractivity (Wildman–Crippen MR) is 81.3 cm³/mol. The molecule has 7 nitrogen and oxygen atoms in total. The molecule has 0 spiro atoms. The molecule has 1 saturated heterocycles. The molecular formula is C15H23N3O4. The fourth-order valence-corrected chi connectivity index (χ4v) is 2.36. The summed E-state index contributed by atoms with van der Waals surface area (Å²) in [6.07, 6.45) is -0.219. The van der Waals surface area contributed by atoms with E-state index >= 15 is 0 Å². The summed E-state index contributed by atoms with van der Waals surface area (Å²) >= 11 is 0. The van der Waals surface area contributed by atoms with Crippen molar-refractivity contribution < 1.29 is 19.4 Å². The van der Waals surface area contributed by atoms with Crippen molar-refractivity contribution in [3.63, 3.8) is 0 Å². The number of hydrogen-bond donors (Lipinski definition) is 1. The van der Waals surface area contributed by atoms with Gasteiger partial charge < -0.3 is 14.6 Å². The predicted octanol–water partition coefficient (Wildman–Crippen LogP) is 1.52. The van der Waals surface area contributed by atoms with Gasteiger partial charge >= 0.3 is 6.03 Å². The maximum Gasteiger partial charge on any atom is 0.329 e. The Bertz CT molecular complexity index is 549. The van der Waals surface area contributed by atoms with Crippen molar-refractivity contribution in [2.75, 3.05) is 25.7 Å². The summed E-state index contributed by atoms with van der Waals surface area (Å²) in [7, 11) is 3.21. The largest absolute Gasteiger partial charge is 0.374 e. The van der Waals surface area contributed by atoms with Crippen LogP contribution in [0.2, 0.25) is 0 Å². The van der Waals surface area contributed by atoms with Crippen molar-refractivity contribution in [3.8, 4) is 0 Å². The van der Waals surface area contributed by atoms with E-state index in [1.54, 1.807) is 26.4 Å². The van der Waals surface area contributed by atoms with E-state index in [-0.39, 0.29) is 6.03 Å². The van der Waals surface area contributed by atoms with E-state index in [4.69, 9.17) is 9.47 Å². The van der Waals surface area contributed by atoms with E-state index in [1.165, 1.54) is 9.80 Å². The quantitative estimate of drug-likeness (QED) is 0.892. The van der Waals surface area contributed by atoms with Gasteiger partial charge in [-0.1, -0.05) is 0 Å². The molecule has 2 heterocycles. The van der Waals surface area contributed by atoms with E-state index < -0.39 is 18.1 Å². The number of anilines is 1. The lowest BCUT2D eigenvalue weighted by molar-refractivity contribution is -0.0688. The van der Waals surface area contributed by atoms with Crippen molar-refractivity contribution in [1.82, 2.24) is 9.88 Å². The van der Waals surface area contributed by atoms with Gasteiger partial charge in [0.2, 0.25) is 0 Å². The van der Waals surface area contributed by atoms with Gasteiger partial charge in [0.15, 0.2) is 12.5 Å². The number of nitrogens with zero attached hydrogens (tertiary/aromatic N) is 3. The zero-order valence-corrected chi connectivity index (χ0v) is 13.6. The summed E-state index contributed by atoms with van der Waals surface area (Å²) in [6, 6.07) is 3.21.